The summed E-state index contributed by atoms with van der Waals surface area (Å²) in [5.41, 5.74) is 3.79. The van der Waals surface area contributed by atoms with Crippen LogP contribution in [0, 0.1) is 11.8 Å². The van der Waals surface area contributed by atoms with E-state index in [0.29, 0.717) is 24.9 Å². The number of benzene rings is 3. The Balaban J connectivity index is 1.18. The lowest BCUT2D eigenvalue weighted by molar-refractivity contribution is -0.102. The SMILES string of the molecule is CCC1C(c2ccc(C#Cc3ccccc3)cc2)C2CN(C(=O)Nc3ccc(OC4CC4)cc3)CC(O)C(O)CN12. The van der Waals surface area contributed by atoms with Gasteiger partial charge < -0.3 is 25.2 Å². The van der Waals surface area contributed by atoms with Crippen molar-refractivity contribution < 1.29 is 19.7 Å². The molecule has 7 nitrogen and oxygen atoms in total. The highest BCUT2D eigenvalue weighted by atomic mass is 16.5. The van der Waals surface area contributed by atoms with Crippen molar-refractivity contribution >= 4 is 11.7 Å². The maximum absolute atomic E-state index is 13.4. The lowest BCUT2D eigenvalue weighted by atomic mass is 9.72. The molecule has 6 rings (SSSR count). The number of nitrogens with one attached hydrogen (secondary N) is 1. The van der Waals surface area contributed by atoms with Crippen LogP contribution in [0.15, 0.2) is 78.9 Å². The molecule has 212 valence electrons. The zero-order valence-corrected chi connectivity index (χ0v) is 23.3. The number of nitrogens with zero attached hydrogens (tertiary/aromatic N) is 2. The van der Waals surface area contributed by atoms with Crippen LogP contribution in [-0.4, -0.2) is 76.1 Å². The molecule has 0 radical (unpaired) electrons. The fraction of sp³-hybridized carbons (Fsp3) is 0.382. The highest BCUT2D eigenvalue weighted by molar-refractivity contribution is 5.89. The Morgan fingerprint density at radius 2 is 1.54 bits per heavy atom. The summed E-state index contributed by atoms with van der Waals surface area (Å²) < 4.78 is 5.81. The highest BCUT2D eigenvalue weighted by Gasteiger charge is 2.51. The van der Waals surface area contributed by atoms with Gasteiger partial charge in [0.15, 0.2) is 0 Å². The van der Waals surface area contributed by atoms with Gasteiger partial charge in [0.2, 0.25) is 0 Å². The Morgan fingerprint density at radius 3 is 2.20 bits per heavy atom. The standard InChI is InChI=1S/C34H37N3O4/c1-2-29-33(25-12-10-24(11-13-25)9-8-23-6-4-3-5-7-23)30-20-36(21-31(38)32(39)22-37(29)30)34(40)35-26-14-16-27(17-15-26)41-28-18-19-28/h3-7,10-17,28-33,38-39H,2,18-22H2,1H3,(H,35,40). The highest BCUT2D eigenvalue weighted by Crippen LogP contribution is 2.43. The number of hydrogen-bond donors (Lipinski definition) is 3. The van der Waals surface area contributed by atoms with Crippen molar-refractivity contribution in [1.82, 2.24) is 9.80 Å². The Hall–Kier alpha value is -3.83. The van der Waals surface area contributed by atoms with Crippen LogP contribution in [0.1, 0.15) is 48.8 Å². The van der Waals surface area contributed by atoms with Crippen LogP contribution < -0.4 is 10.1 Å². The Bertz CT molecular complexity index is 1400. The van der Waals surface area contributed by atoms with E-state index in [4.69, 9.17) is 4.74 Å². The van der Waals surface area contributed by atoms with Gasteiger partial charge in [-0.05, 0) is 73.4 Å². The number of anilines is 1. The number of carbonyl (C=O) groups excluding carboxylic acids is 1. The molecule has 1 saturated carbocycles. The number of aliphatic hydroxyl groups is 2. The molecule has 2 saturated heterocycles. The maximum atomic E-state index is 13.4. The van der Waals surface area contributed by atoms with Gasteiger partial charge in [0.1, 0.15) is 5.75 Å². The molecule has 2 heterocycles. The summed E-state index contributed by atoms with van der Waals surface area (Å²) in [6.07, 6.45) is 1.44. The lowest BCUT2D eigenvalue weighted by Crippen LogP contribution is -2.69. The van der Waals surface area contributed by atoms with Gasteiger partial charge in [-0.25, -0.2) is 4.79 Å². The summed E-state index contributed by atoms with van der Waals surface area (Å²) in [6.45, 7) is 3.06. The van der Waals surface area contributed by atoms with Crippen molar-refractivity contribution in [2.75, 3.05) is 25.0 Å². The molecule has 7 heteroatoms. The van der Waals surface area contributed by atoms with Crippen LogP contribution in [-0.2, 0) is 0 Å². The number of urea groups is 1. The van der Waals surface area contributed by atoms with Crippen molar-refractivity contribution in [3.05, 3.63) is 95.6 Å². The molecule has 3 fully saturated rings. The molecule has 3 N–H and O–H groups in total. The van der Waals surface area contributed by atoms with E-state index in [0.717, 1.165) is 36.1 Å². The van der Waals surface area contributed by atoms with Crippen LogP contribution in [0.2, 0.25) is 0 Å². The molecule has 3 aromatic rings. The first-order valence-corrected chi connectivity index (χ1v) is 14.6. The number of β-amino-alcohol motifs (C(OH)–C–C–N with tert-alkyl or cyclic N) is 1. The molecule has 41 heavy (non-hydrogen) atoms. The zero-order valence-electron chi connectivity index (χ0n) is 23.3. The minimum atomic E-state index is -1.02. The van der Waals surface area contributed by atoms with E-state index in [1.165, 1.54) is 5.56 Å². The maximum Gasteiger partial charge on any atom is 0.321 e. The average molecular weight is 552 g/mol. The first-order chi connectivity index (χ1) is 20.0. The molecule has 5 atom stereocenters. The van der Waals surface area contributed by atoms with Crippen LogP contribution in [0.25, 0.3) is 0 Å². The summed E-state index contributed by atoms with van der Waals surface area (Å²) in [7, 11) is 0. The summed E-state index contributed by atoms with van der Waals surface area (Å²) in [6, 6.07) is 25.7. The summed E-state index contributed by atoms with van der Waals surface area (Å²) in [4.78, 5) is 17.3. The summed E-state index contributed by atoms with van der Waals surface area (Å²) >= 11 is 0. The number of aliphatic hydroxyl groups excluding tert-OH is 2. The molecule has 3 aliphatic rings. The smallest absolute Gasteiger partial charge is 0.321 e. The first kappa shape index (κ1) is 27.3. The minimum Gasteiger partial charge on any atom is -0.490 e. The van der Waals surface area contributed by atoms with E-state index in [-0.39, 0.29) is 30.6 Å². The van der Waals surface area contributed by atoms with Gasteiger partial charge in [0, 0.05) is 47.9 Å². The molecular formula is C34H37N3O4. The number of hydrogen-bond acceptors (Lipinski definition) is 5. The lowest BCUT2D eigenvalue weighted by Gasteiger charge is -2.58. The van der Waals surface area contributed by atoms with Crippen LogP contribution >= 0.6 is 0 Å². The van der Waals surface area contributed by atoms with Crippen molar-refractivity contribution in [3.63, 3.8) is 0 Å². The Morgan fingerprint density at radius 1 is 0.878 bits per heavy atom. The number of carbonyl (C=O) groups is 1. The average Bonchev–Trinajstić information content (AvgIpc) is 3.81. The van der Waals surface area contributed by atoms with Gasteiger partial charge in [0.25, 0.3) is 0 Å². The second-order valence-electron chi connectivity index (χ2n) is 11.3. The molecule has 0 aromatic heterocycles. The van der Waals surface area contributed by atoms with Crippen molar-refractivity contribution in [3.8, 4) is 17.6 Å². The van der Waals surface area contributed by atoms with E-state index in [2.05, 4.69) is 53.2 Å². The van der Waals surface area contributed by atoms with E-state index < -0.39 is 12.2 Å². The predicted octanol–water partition coefficient (Wildman–Crippen LogP) is 4.44. The second kappa shape index (κ2) is 12.0. The molecule has 3 aromatic carbocycles. The van der Waals surface area contributed by atoms with Crippen LogP contribution in [0.5, 0.6) is 5.75 Å². The molecule has 1 aliphatic carbocycles. The zero-order chi connectivity index (χ0) is 28.3. The minimum absolute atomic E-state index is 0.0309. The fourth-order valence-electron chi connectivity index (χ4n) is 6.04. The Kier molecular flexibility index (Phi) is 7.97. The van der Waals surface area contributed by atoms with Gasteiger partial charge >= 0.3 is 6.03 Å². The van der Waals surface area contributed by atoms with Gasteiger partial charge in [-0.1, -0.05) is 49.1 Å². The largest absolute Gasteiger partial charge is 0.490 e. The summed E-state index contributed by atoms with van der Waals surface area (Å²) in [5, 5.41) is 24.5. The van der Waals surface area contributed by atoms with E-state index in [9.17, 15) is 15.0 Å². The van der Waals surface area contributed by atoms with Gasteiger partial charge in [-0.3, -0.25) is 4.90 Å². The Labute approximate surface area is 241 Å². The van der Waals surface area contributed by atoms with Crippen LogP contribution in [0.3, 0.4) is 0 Å². The quantitative estimate of drug-likeness (QED) is 0.408. The van der Waals surface area contributed by atoms with Gasteiger partial charge in [0.05, 0.1) is 24.9 Å². The van der Waals surface area contributed by atoms with Gasteiger partial charge in [-0.2, -0.15) is 0 Å². The molecule has 0 spiro atoms. The molecule has 5 unspecified atom stereocenters. The van der Waals surface area contributed by atoms with E-state index >= 15 is 0 Å². The molecule has 2 aliphatic heterocycles. The predicted molar refractivity (Wildman–Crippen MR) is 159 cm³/mol. The summed E-state index contributed by atoms with van der Waals surface area (Å²) in [5.74, 6) is 7.45. The monoisotopic (exact) mass is 551 g/mol. The fourth-order valence-corrected chi connectivity index (χ4v) is 6.04. The normalized spacial score (nSPS) is 25.9. The van der Waals surface area contributed by atoms with Crippen molar-refractivity contribution in [2.45, 2.75) is 62.5 Å². The number of fused-ring (bicyclic) bond motifs is 1. The van der Waals surface area contributed by atoms with Gasteiger partial charge in [-0.15, -0.1) is 0 Å². The van der Waals surface area contributed by atoms with Crippen molar-refractivity contribution in [1.29, 1.82) is 0 Å². The number of ether oxygens (including phenoxy) is 1. The molecular weight excluding hydrogens is 514 g/mol. The number of amides is 2. The molecule has 2 amide bonds. The molecule has 0 bridgehead atoms. The first-order valence-electron chi connectivity index (χ1n) is 14.6. The second-order valence-corrected chi connectivity index (χ2v) is 11.3. The third kappa shape index (κ3) is 6.25. The number of rotatable bonds is 5. The topological polar surface area (TPSA) is 85.3 Å². The van der Waals surface area contributed by atoms with Crippen LogP contribution in [0.4, 0.5) is 10.5 Å². The van der Waals surface area contributed by atoms with E-state index in [1.54, 1.807) is 4.90 Å². The third-order valence-electron chi connectivity index (χ3n) is 8.40. The van der Waals surface area contributed by atoms with Crippen molar-refractivity contribution in [2.24, 2.45) is 0 Å². The van der Waals surface area contributed by atoms with E-state index in [1.807, 2.05) is 54.6 Å². The third-order valence-corrected chi connectivity index (χ3v) is 8.40.